The Hall–Kier alpha value is -0.470. The molecular weight excluding hydrogens is 312 g/mol. The molecule has 3 heteroatoms. The quantitative estimate of drug-likeness (QED) is 0.234. The molecule has 0 spiro atoms. The number of ketones is 1. The van der Waals surface area contributed by atoms with Gasteiger partial charge in [0.15, 0.2) is 0 Å². The fourth-order valence-corrected chi connectivity index (χ4v) is 2.95. The molecule has 0 rings (SSSR count). The lowest BCUT2D eigenvalue weighted by Gasteiger charge is -2.02. The molecule has 0 atom stereocenters. The Morgan fingerprint density at radius 3 is 2.09 bits per heavy atom. The van der Waals surface area contributed by atoms with Gasteiger partial charge in [-0.25, -0.2) is 0 Å². The monoisotopic (exact) mass is 342 g/mol. The minimum Gasteiger partial charge on any atom is -0.298 e. The SMILES string of the molecule is CC(C)=CCC/C(C)=C\CC/C(C)=C\CSCCC(=O)CCl. The number of rotatable bonds is 12. The van der Waals surface area contributed by atoms with Gasteiger partial charge in [0.25, 0.3) is 0 Å². The average molecular weight is 343 g/mol. The molecule has 0 saturated heterocycles. The van der Waals surface area contributed by atoms with Crippen LogP contribution in [0.15, 0.2) is 34.9 Å². The number of alkyl halides is 1. The lowest BCUT2D eigenvalue weighted by molar-refractivity contribution is -0.116. The van der Waals surface area contributed by atoms with Crippen molar-refractivity contribution in [3.05, 3.63) is 34.9 Å². The molecule has 0 aliphatic carbocycles. The van der Waals surface area contributed by atoms with Crippen LogP contribution < -0.4 is 0 Å². The number of carbonyl (C=O) groups excluding carboxylic acids is 1. The number of carbonyl (C=O) groups is 1. The van der Waals surface area contributed by atoms with E-state index in [1.165, 1.54) is 23.1 Å². The molecule has 0 unspecified atom stereocenters. The summed E-state index contributed by atoms with van der Waals surface area (Å²) in [5, 5.41) is 0. The summed E-state index contributed by atoms with van der Waals surface area (Å²) < 4.78 is 0. The number of allylic oxidation sites excluding steroid dienone is 5. The summed E-state index contributed by atoms with van der Waals surface area (Å²) in [7, 11) is 0. The van der Waals surface area contributed by atoms with Crippen molar-refractivity contribution in [2.75, 3.05) is 17.4 Å². The third kappa shape index (κ3) is 14.5. The Morgan fingerprint density at radius 1 is 0.909 bits per heavy atom. The van der Waals surface area contributed by atoms with Gasteiger partial charge in [-0.3, -0.25) is 4.79 Å². The van der Waals surface area contributed by atoms with Gasteiger partial charge < -0.3 is 0 Å². The highest BCUT2D eigenvalue weighted by atomic mass is 35.5. The first-order chi connectivity index (χ1) is 10.5. The van der Waals surface area contributed by atoms with Crippen molar-refractivity contribution in [1.82, 2.24) is 0 Å². The predicted octanol–water partition coefficient (Wildman–Crippen LogP) is 6.34. The molecule has 0 aliphatic heterocycles. The average Bonchev–Trinajstić information content (AvgIpc) is 2.46. The predicted molar refractivity (Wildman–Crippen MR) is 103 cm³/mol. The molecule has 0 aromatic carbocycles. The van der Waals surface area contributed by atoms with Crippen molar-refractivity contribution in [2.24, 2.45) is 0 Å². The number of thioether (sulfide) groups is 1. The Bertz CT molecular complexity index is 404. The Morgan fingerprint density at radius 2 is 1.50 bits per heavy atom. The van der Waals surface area contributed by atoms with E-state index in [0.717, 1.165) is 30.8 Å². The smallest absolute Gasteiger partial charge is 0.148 e. The maximum Gasteiger partial charge on any atom is 0.148 e. The summed E-state index contributed by atoms with van der Waals surface area (Å²) in [6.45, 7) is 8.71. The van der Waals surface area contributed by atoms with Crippen molar-refractivity contribution >= 4 is 29.1 Å². The molecule has 0 aliphatic rings. The Kier molecular flexibility index (Phi) is 13.8. The number of halogens is 1. The molecule has 0 heterocycles. The molecule has 1 nitrogen and oxygen atoms in total. The van der Waals surface area contributed by atoms with Gasteiger partial charge in [-0.05, 0) is 53.4 Å². The first-order valence-electron chi connectivity index (χ1n) is 8.05. The van der Waals surface area contributed by atoms with Crippen LogP contribution in [0.3, 0.4) is 0 Å². The van der Waals surface area contributed by atoms with Crippen molar-refractivity contribution < 1.29 is 4.79 Å². The summed E-state index contributed by atoms with van der Waals surface area (Å²) in [6.07, 6.45) is 12.1. The van der Waals surface area contributed by atoms with E-state index in [0.29, 0.717) is 6.42 Å². The van der Waals surface area contributed by atoms with Gasteiger partial charge in [-0.2, -0.15) is 11.8 Å². The molecule has 0 bridgehead atoms. The second-order valence-corrected chi connectivity index (χ2v) is 7.37. The van der Waals surface area contributed by atoms with Crippen LogP contribution in [0, 0.1) is 0 Å². The van der Waals surface area contributed by atoms with Crippen molar-refractivity contribution in [1.29, 1.82) is 0 Å². The first-order valence-corrected chi connectivity index (χ1v) is 9.74. The van der Waals surface area contributed by atoms with E-state index < -0.39 is 0 Å². The fourth-order valence-electron chi connectivity index (χ4n) is 1.88. The molecule has 0 aromatic heterocycles. The lowest BCUT2D eigenvalue weighted by Crippen LogP contribution is -2.00. The third-order valence-corrected chi connectivity index (χ3v) is 4.54. The molecular formula is C19H31ClOS. The van der Waals surface area contributed by atoms with Gasteiger partial charge in [0.1, 0.15) is 5.78 Å². The molecule has 0 saturated carbocycles. The van der Waals surface area contributed by atoms with Gasteiger partial charge in [-0.1, -0.05) is 34.9 Å². The van der Waals surface area contributed by atoms with Crippen molar-refractivity contribution in [2.45, 2.75) is 59.8 Å². The zero-order valence-electron chi connectivity index (χ0n) is 14.6. The Balaban J connectivity index is 3.78. The van der Waals surface area contributed by atoms with Gasteiger partial charge in [0.2, 0.25) is 0 Å². The van der Waals surface area contributed by atoms with Crippen molar-refractivity contribution in [3.8, 4) is 0 Å². The highest BCUT2D eigenvalue weighted by Gasteiger charge is 1.98. The van der Waals surface area contributed by atoms with Gasteiger partial charge in [0, 0.05) is 17.9 Å². The second kappa shape index (κ2) is 14.1. The minimum absolute atomic E-state index is 0.142. The van der Waals surface area contributed by atoms with E-state index in [1.54, 1.807) is 11.8 Å². The molecule has 126 valence electrons. The number of hydrogen-bond donors (Lipinski definition) is 0. The van der Waals surface area contributed by atoms with E-state index in [4.69, 9.17) is 11.6 Å². The van der Waals surface area contributed by atoms with Crippen LogP contribution in [0.4, 0.5) is 0 Å². The maximum atomic E-state index is 11.1. The molecule has 0 radical (unpaired) electrons. The Labute approximate surface area is 146 Å². The summed E-state index contributed by atoms with van der Waals surface area (Å²) in [5.41, 5.74) is 4.32. The lowest BCUT2D eigenvalue weighted by atomic mass is 10.1. The topological polar surface area (TPSA) is 17.1 Å². The summed E-state index contributed by atoms with van der Waals surface area (Å²) >= 11 is 7.27. The normalized spacial score (nSPS) is 12.4. The molecule has 0 aromatic rings. The summed E-state index contributed by atoms with van der Waals surface area (Å²) in [6, 6.07) is 0. The van der Waals surface area contributed by atoms with E-state index in [-0.39, 0.29) is 11.7 Å². The fraction of sp³-hybridized carbons (Fsp3) is 0.632. The summed E-state index contributed by atoms with van der Waals surface area (Å²) in [4.78, 5) is 11.1. The molecule has 0 amide bonds. The van der Waals surface area contributed by atoms with Gasteiger partial charge >= 0.3 is 0 Å². The zero-order chi connectivity index (χ0) is 16.8. The van der Waals surface area contributed by atoms with Crippen LogP contribution in [0.1, 0.15) is 59.8 Å². The van der Waals surface area contributed by atoms with Gasteiger partial charge in [0.05, 0.1) is 5.88 Å². The third-order valence-electron chi connectivity index (χ3n) is 3.35. The first kappa shape index (κ1) is 21.5. The molecule has 22 heavy (non-hydrogen) atoms. The van der Waals surface area contributed by atoms with Crippen molar-refractivity contribution in [3.63, 3.8) is 0 Å². The van der Waals surface area contributed by atoms with Crippen LogP contribution in [-0.4, -0.2) is 23.2 Å². The second-order valence-electron chi connectivity index (χ2n) is 5.96. The highest BCUT2D eigenvalue weighted by Crippen LogP contribution is 2.12. The summed E-state index contributed by atoms with van der Waals surface area (Å²) in [5.74, 6) is 2.15. The zero-order valence-corrected chi connectivity index (χ0v) is 16.2. The van der Waals surface area contributed by atoms with Crippen LogP contribution in [0.25, 0.3) is 0 Å². The standard InChI is InChI=1S/C19H31ClOS/c1-16(2)7-5-8-17(3)9-6-10-18(4)11-13-22-14-12-19(21)15-20/h7,9,11H,5-6,8,10,12-15H2,1-4H3/b17-9-,18-11-. The van der Waals surface area contributed by atoms with Crippen LogP contribution in [0.5, 0.6) is 0 Å². The van der Waals surface area contributed by atoms with E-state index in [1.807, 2.05) is 0 Å². The number of hydrogen-bond acceptors (Lipinski definition) is 2. The van der Waals surface area contributed by atoms with Crippen LogP contribution >= 0.6 is 23.4 Å². The van der Waals surface area contributed by atoms with Gasteiger partial charge in [-0.15, -0.1) is 11.6 Å². The van der Waals surface area contributed by atoms with Crippen LogP contribution in [-0.2, 0) is 4.79 Å². The highest BCUT2D eigenvalue weighted by molar-refractivity contribution is 7.99. The minimum atomic E-state index is 0.142. The number of Topliss-reactive ketones (excluding diaryl/α,β-unsaturated/α-hetero) is 1. The van der Waals surface area contributed by atoms with E-state index in [9.17, 15) is 4.79 Å². The largest absolute Gasteiger partial charge is 0.298 e. The molecule has 0 N–H and O–H groups in total. The maximum absolute atomic E-state index is 11.1. The van der Waals surface area contributed by atoms with E-state index >= 15 is 0 Å². The molecule has 0 fully saturated rings. The van der Waals surface area contributed by atoms with E-state index in [2.05, 4.69) is 45.9 Å². The van der Waals surface area contributed by atoms with Crippen LogP contribution in [0.2, 0.25) is 0 Å².